The van der Waals surface area contributed by atoms with E-state index < -0.39 is 17.0 Å². The highest BCUT2D eigenvalue weighted by atomic mass is 16.7. The monoisotopic (exact) mass is 650 g/mol. The Bertz CT molecular complexity index is 1600. The molecule has 252 valence electrons. The second-order valence-electron chi connectivity index (χ2n) is 15.1. The number of hydrogen-bond acceptors (Lipinski definition) is 7. The van der Waals surface area contributed by atoms with Crippen LogP contribution in [0, 0.1) is 10.8 Å². The van der Waals surface area contributed by atoms with Crippen molar-refractivity contribution in [2.24, 2.45) is 10.8 Å². The Balaban J connectivity index is 1.35. The molecule has 0 unspecified atom stereocenters. The molecule has 7 nitrogen and oxygen atoms in total. The van der Waals surface area contributed by atoms with Gasteiger partial charge in [-0.3, -0.25) is 9.59 Å². The van der Waals surface area contributed by atoms with Crippen molar-refractivity contribution in [2.45, 2.75) is 80.1 Å². The summed E-state index contributed by atoms with van der Waals surface area (Å²) in [5.74, 6) is 1.15. The van der Waals surface area contributed by atoms with Crippen molar-refractivity contribution in [2.75, 3.05) is 0 Å². The first-order valence-corrected chi connectivity index (χ1v) is 16.0. The maximum absolute atomic E-state index is 12.6. The van der Waals surface area contributed by atoms with Crippen molar-refractivity contribution < 1.29 is 33.3 Å². The van der Waals surface area contributed by atoms with Crippen LogP contribution in [-0.2, 0) is 20.4 Å². The van der Waals surface area contributed by atoms with Crippen LogP contribution in [0.1, 0.15) is 91.5 Å². The lowest BCUT2D eigenvalue weighted by molar-refractivity contribution is -0.143. The summed E-state index contributed by atoms with van der Waals surface area (Å²) in [4.78, 5) is 37.1. The minimum absolute atomic E-state index is 0.287. The van der Waals surface area contributed by atoms with Crippen LogP contribution in [-0.4, -0.2) is 18.1 Å². The van der Waals surface area contributed by atoms with Gasteiger partial charge in [0.05, 0.1) is 10.8 Å². The fourth-order valence-electron chi connectivity index (χ4n) is 4.83. The number of carbonyl (C=O) groups is 3. The summed E-state index contributed by atoms with van der Waals surface area (Å²) in [5, 5.41) is 0. The van der Waals surface area contributed by atoms with Crippen molar-refractivity contribution in [1.29, 1.82) is 0 Å². The summed E-state index contributed by atoms with van der Waals surface area (Å²) in [5.41, 5.74) is 2.22. The lowest BCUT2D eigenvalue weighted by Gasteiger charge is -2.26. The van der Waals surface area contributed by atoms with E-state index in [1.54, 1.807) is 48.5 Å². The second kappa shape index (κ2) is 13.7. The molecule has 0 N–H and O–H groups in total. The summed E-state index contributed by atoms with van der Waals surface area (Å²) in [6.07, 6.45) is -0.838. The van der Waals surface area contributed by atoms with Gasteiger partial charge in [0.25, 0.3) is 0 Å². The quantitative estimate of drug-likeness (QED) is 0.107. The molecular formula is C41H46O7. The van der Waals surface area contributed by atoms with Gasteiger partial charge in [0, 0.05) is 10.8 Å². The van der Waals surface area contributed by atoms with Gasteiger partial charge in [-0.15, -0.1) is 0 Å². The third-order valence-electron chi connectivity index (χ3n) is 8.35. The minimum Gasteiger partial charge on any atom is -0.426 e. The third-order valence-corrected chi connectivity index (χ3v) is 8.35. The number of carbonyl (C=O) groups excluding carboxylic acids is 3. The number of rotatable bonds is 8. The normalized spacial score (nSPS) is 12.2. The molecule has 0 spiro atoms. The van der Waals surface area contributed by atoms with Crippen molar-refractivity contribution in [3.63, 3.8) is 0 Å². The fraction of sp³-hybridized carbons (Fsp3) is 0.341. The molecule has 0 amide bonds. The molecule has 0 aliphatic carbocycles. The van der Waals surface area contributed by atoms with E-state index >= 15 is 0 Å². The van der Waals surface area contributed by atoms with E-state index in [1.807, 2.05) is 90.1 Å². The zero-order chi connectivity index (χ0) is 35.5. The van der Waals surface area contributed by atoms with Gasteiger partial charge < -0.3 is 18.9 Å². The van der Waals surface area contributed by atoms with E-state index in [0.717, 1.165) is 22.3 Å². The van der Waals surface area contributed by atoms with Gasteiger partial charge in [-0.25, -0.2) is 4.79 Å². The standard InChI is InChI=1S/C41H46O7/c1-38(2,3)35(42)45-31-19-11-27(12-20-31)40(7,8)29-15-23-33(24-16-29)47-37(44)48-34-25-17-30(18-26-34)41(9,10)28-13-21-32(22-14-28)46-36(43)39(4,5)6/h11-26H,1-10H3. The van der Waals surface area contributed by atoms with E-state index in [2.05, 4.69) is 27.7 Å². The first-order chi connectivity index (χ1) is 22.3. The molecular weight excluding hydrogens is 604 g/mol. The maximum Gasteiger partial charge on any atom is 0.519 e. The predicted molar refractivity (Wildman–Crippen MR) is 187 cm³/mol. The molecule has 0 bridgehead atoms. The molecule has 0 fully saturated rings. The van der Waals surface area contributed by atoms with E-state index in [-0.39, 0.29) is 22.8 Å². The Morgan fingerprint density at radius 2 is 0.562 bits per heavy atom. The summed E-state index contributed by atoms with van der Waals surface area (Å²) >= 11 is 0. The Labute approximate surface area is 284 Å². The van der Waals surface area contributed by atoms with Crippen LogP contribution in [0.5, 0.6) is 23.0 Å². The van der Waals surface area contributed by atoms with Crippen LogP contribution in [0.25, 0.3) is 0 Å². The average molecular weight is 651 g/mol. The van der Waals surface area contributed by atoms with Crippen LogP contribution in [0.3, 0.4) is 0 Å². The van der Waals surface area contributed by atoms with Gasteiger partial charge >= 0.3 is 18.1 Å². The van der Waals surface area contributed by atoms with Crippen molar-refractivity contribution in [3.8, 4) is 23.0 Å². The van der Waals surface area contributed by atoms with Gasteiger partial charge in [0.15, 0.2) is 0 Å². The van der Waals surface area contributed by atoms with E-state index in [9.17, 15) is 14.4 Å². The highest BCUT2D eigenvalue weighted by Gasteiger charge is 2.27. The van der Waals surface area contributed by atoms with E-state index in [4.69, 9.17) is 18.9 Å². The van der Waals surface area contributed by atoms with Gasteiger partial charge in [0.2, 0.25) is 0 Å². The Morgan fingerprint density at radius 1 is 0.354 bits per heavy atom. The second-order valence-corrected chi connectivity index (χ2v) is 15.1. The fourth-order valence-corrected chi connectivity index (χ4v) is 4.83. The minimum atomic E-state index is -0.838. The molecule has 0 aromatic heterocycles. The average Bonchev–Trinajstić information content (AvgIpc) is 3.01. The van der Waals surface area contributed by atoms with Crippen molar-refractivity contribution in [3.05, 3.63) is 119 Å². The van der Waals surface area contributed by atoms with E-state index in [0.29, 0.717) is 23.0 Å². The smallest absolute Gasteiger partial charge is 0.426 e. The summed E-state index contributed by atoms with van der Waals surface area (Å²) in [7, 11) is 0. The first-order valence-electron chi connectivity index (χ1n) is 16.0. The molecule has 0 radical (unpaired) electrons. The highest BCUT2D eigenvalue weighted by Crippen LogP contribution is 2.35. The molecule has 0 aliphatic rings. The van der Waals surface area contributed by atoms with Crippen LogP contribution >= 0.6 is 0 Å². The zero-order valence-electron chi connectivity index (χ0n) is 29.6. The molecule has 0 aliphatic heterocycles. The molecule has 0 atom stereocenters. The molecule has 0 saturated heterocycles. The van der Waals surface area contributed by atoms with Crippen LogP contribution in [0.15, 0.2) is 97.1 Å². The Kier molecular flexibility index (Phi) is 10.2. The van der Waals surface area contributed by atoms with Crippen molar-refractivity contribution >= 4 is 18.1 Å². The molecule has 0 saturated carbocycles. The lowest BCUT2D eigenvalue weighted by Crippen LogP contribution is -2.25. The van der Waals surface area contributed by atoms with Gasteiger partial charge in [-0.2, -0.15) is 0 Å². The molecule has 0 heterocycles. The summed E-state index contributed by atoms with van der Waals surface area (Å²) in [6, 6.07) is 29.6. The third kappa shape index (κ3) is 8.71. The van der Waals surface area contributed by atoms with E-state index in [1.165, 1.54) is 0 Å². The van der Waals surface area contributed by atoms with Crippen LogP contribution in [0.2, 0.25) is 0 Å². The van der Waals surface area contributed by atoms with Crippen molar-refractivity contribution in [1.82, 2.24) is 0 Å². The zero-order valence-corrected chi connectivity index (χ0v) is 29.6. The molecule has 7 heteroatoms. The number of hydrogen-bond donors (Lipinski definition) is 0. The molecule has 4 aromatic carbocycles. The summed E-state index contributed by atoms with van der Waals surface area (Å²) < 4.78 is 21.9. The van der Waals surface area contributed by atoms with Crippen LogP contribution < -0.4 is 18.9 Å². The molecule has 4 rings (SSSR count). The number of benzene rings is 4. The van der Waals surface area contributed by atoms with Gasteiger partial charge in [-0.05, 0) is 112 Å². The number of esters is 2. The van der Waals surface area contributed by atoms with Gasteiger partial charge in [0.1, 0.15) is 23.0 Å². The molecule has 48 heavy (non-hydrogen) atoms. The maximum atomic E-state index is 12.6. The summed E-state index contributed by atoms with van der Waals surface area (Å²) in [6.45, 7) is 19.3. The lowest BCUT2D eigenvalue weighted by atomic mass is 9.78. The highest BCUT2D eigenvalue weighted by molar-refractivity contribution is 5.78. The van der Waals surface area contributed by atoms with Gasteiger partial charge in [-0.1, -0.05) is 76.2 Å². The number of ether oxygens (including phenoxy) is 4. The van der Waals surface area contributed by atoms with Crippen LogP contribution in [0.4, 0.5) is 4.79 Å². The SMILES string of the molecule is CC(C)(C)C(=O)Oc1ccc(C(C)(C)c2ccc(OC(=O)Oc3ccc(C(C)(C)c4ccc(OC(=O)C(C)(C)C)cc4)cc3)cc2)cc1. The molecule has 4 aromatic rings. The topological polar surface area (TPSA) is 88.1 Å². The Hall–Kier alpha value is -4.91. The predicted octanol–water partition coefficient (Wildman–Crippen LogP) is 9.82. The Morgan fingerprint density at radius 3 is 0.771 bits per heavy atom. The first kappa shape index (κ1) is 35.9. The largest absolute Gasteiger partial charge is 0.519 e.